The van der Waals surface area contributed by atoms with Gasteiger partial charge in [0, 0.05) is 24.1 Å². The van der Waals surface area contributed by atoms with Crippen molar-refractivity contribution in [3.8, 4) is 0 Å². The van der Waals surface area contributed by atoms with E-state index in [0.29, 0.717) is 11.4 Å². The molecular formula is C10H12F3N3. The number of benzene rings is 1. The largest absolute Gasteiger partial charge is 0.416 e. The Kier molecular flexibility index (Phi) is 3.78. The Labute approximate surface area is 90.9 Å². The third-order valence-corrected chi connectivity index (χ3v) is 1.85. The molecule has 5 N–H and O–H groups in total. The van der Waals surface area contributed by atoms with Gasteiger partial charge in [0.2, 0.25) is 0 Å². The molecule has 3 nitrogen and oxygen atoms in total. The Morgan fingerprint density at radius 2 is 2.06 bits per heavy atom. The van der Waals surface area contributed by atoms with Gasteiger partial charge in [0.15, 0.2) is 0 Å². The minimum atomic E-state index is -4.35. The van der Waals surface area contributed by atoms with Gasteiger partial charge in [0.05, 0.1) is 5.56 Å². The molecule has 0 spiro atoms. The molecule has 0 radical (unpaired) electrons. The van der Waals surface area contributed by atoms with E-state index >= 15 is 0 Å². The van der Waals surface area contributed by atoms with Crippen molar-refractivity contribution in [1.29, 1.82) is 0 Å². The van der Waals surface area contributed by atoms with E-state index in [2.05, 4.69) is 5.32 Å². The molecule has 0 aliphatic heterocycles. The molecule has 1 aromatic rings. The second-order valence-corrected chi connectivity index (χ2v) is 3.15. The van der Waals surface area contributed by atoms with Crippen LogP contribution in [-0.4, -0.2) is 6.54 Å². The monoisotopic (exact) mass is 231 g/mol. The Morgan fingerprint density at radius 1 is 1.38 bits per heavy atom. The molecule has 1 aromatic carbocycles. The Balaban J connectivity index is 2.84. The predicted octanol–water partition coefficient (Wildman–Crippen LogP) is 1.88. The lowest BCUT2D eigenvalue weighted by molar-refractivity contribution is -0.137. The average molecular weight is 231 g/mol. The van der Waals surface area contributed by atoms with Crippen LogP contribution >= 0.6 is 0 Å². The SMILES string of the molecule is NC/C(N)=C/Nc1cccc(C(F)(F)F)c1. The second-order valence-electron chi connectivity index (χ2n) is 3.15. The molecule has 1 rings (SSSR count). The Bertz CT molecular complexity index is 385. The minimum Gasteiger partial charge on any atom is -0.400 e. The Hall–Kier alpha value is -1.69. The molecule has 0 bridgehead atoms. The van der Waals surface area contributed by atoms with Gasteiger partial charge in [0.25, 0.3) is 0 Å². The molecular weight excluding hydrogens is 219 g/mol. The number of nitrogens with one attached hydrogen (secondary N) is 1. The highest BCUT2D eigenvalue weighted by Gasteiger charge is 2.30. The maximum absolute atomic E-state index is 12.3. The molecule has 6 heteroatoms. The fraction of sp³-hybridized carbons (Fsp3) is 0.200. The van der Waals surface area contributed by atoms with E-state index in [1.807, 2.05) is 0 Å². The van der Waals surface area contributed by atoms with Crippen LogP contribution in [0.4, 0.5) is 18.9 Å². The van der Waals surface area contributed by atoms with Gasteiger partial charge in [-0.2, -0.15) is 13.2 Å². The van der Waals surface area contributed by atoms with E-state index < -0.39 is 11.7 Å². The topological polar surface area (TPSA) is 64.1 Å². The van der Waals surface area contributed by atoms with Crippen LogP contribution in [0.15, 0.2) is 36.2 Å². The summed E-state index contributed by atoms with van der Waals surface area (Å²) in [4.78, 5) is 0. The van der Waals surface area contributed by atoms with Crippen molar-refractivity contribution in [2.24, 2.45) is 11.5 Å². The highest BCUT2D eigenvalue weighted by atomic mass is 19.4. The van der Waals surface area contributed by atoms with Crippen LogP contribution < -0.4 is 16.8 Å². The number of halogens is 3. The van der Waals surface area contributed by atoms with Gasteiger partial charge in [-0.15, -0.1) is 0 Å². The van der Waals surface area contributed by atoms with Gasteiger partial charge in [0.1, 0.15) is 0 Å². The summed E-state index contributed by atoms with van der Waals surface area (Å²) in [6, 6.07) is 4.83. The zero-order valence-corrected chi connectivity index (χ0v) is 8.38. The number of alkyl halides is 3. The van der Waals surface area contributed by atoms with Gasteiger partial charge in [-0.1, -0.05) is 6.07 Å². The number of anilines is 1. The van der Waals surface area contributed by atoms with Crippen molar-refractivity contribution in [2.45, 2.75) is 6.18 Å². The summed E-state index contributed by atoms with van der Waals surface area (Å²) in [7, 11) is 0. The highest BCUT2D eigenvalue weighted by molar-refractivity contribution is 5.48. The van der Waals surface area contributed by atoms with Crippen molar-refractivity contribution in [2.75, 3.05) is 11.9 Å². The first-order valence-electron chi connectivity index (χ1n) is 4.52. The zero-order valence-electron chi connectivity index (χ0n) is 8.38. The van der Waals surface area contributed by atoms with Gasteiger partial charge in [-0.25, -0.2) is 0 Å². The summed E-state index contributed by atoms with van der Waals surface area (Å²) in [6.45, 7) is 0.145. The first-order valence-corrected chi connectivity index (χ1v) is 4.52. The summed E-state index contributed by atoms with van der Waals surface area (Å²) in [5.74, 6) is 0. The zero-order chi connectivity index (χ0) is 12.2. The van der Waals surface area contributed by atoms with Crippen molar-refractivity contribution in [1.82, 2.24) is 0 Å². The molecule has 16 heavy (non-hydrogen) atoms. The molecule has 0 aliphatic carbocycles. The molecule has 0 amide bonds. The number of hydrogen-bond donors (Lipinski definition) is 3. The summed E-state index contributed by atoms with van der Waals surface area (Å²) in [6.07, 6.45) is -2.98. The van der Waals surface area contributed by atoms with Crippen molar-refractivity contribution < 1.29 is 13.2 Å². The van der Waals surface area contributed by atoms with Crippen LogP contribution in [0.25, 0.3) is 0 Å². The van der Waals surface area contributed by atoms with Crippen molar-refractivity contribution in [3.63, 3.8) is 0 Å². The maximum atomic E-state index is 12.3. The fourth-order valence-electron chi connectivity index (χ4n) is 1.02. The third-order valence-electron chi connectivity index (χ3n) is 1.85. The quantitative estimate of drug-likeness (QED) is 0.744. The summed E-state index contributed by atoms with van der Waals surface area (Å²) in [5, 5.41) is 2.64. The van der Waals surface area contributed by atoms with Gasteiger partial charge < -0.3 is 16.8 Å². The van der Waals surface area contributed by atoms with Gasteiger partial charge >= 0.3 is 6.18 Å². The number of nitrogens with two attached hydrogens (primary N) is 2. The van der Waals surface area contributed by atoms with E-state index in [1.165, 1.54) is 18.3 Å². The Morgan fingerprint density at radius 3 is 2.62 bits per heavy atom. The summed E-state index contributed by atoms with van der Waals surface area (Å²) < 4.78 is 37.0. The van der Waals surface area contributed by atoms with E-state index in [4.69, 9.17) is 11.5 Å². The molecule has 0 aliphatic rings. The standard InChI is InChI=1S/C10H12F3N3/c11-10(12,13)7-2-1-3-9(4-7)16-6-8(15)5-14/h1-4,6,16H,5,14-15H2/b8-6-. The molecule has 0 fully saturated rings. The van der Waals surface area contributed by atoms with Crippen LogP contribution in [0.2, 0.25) is 0 Å². The summed E-state index contributed by atoms with van der Waals surface area (Å²) >= 11 is 0. The van der Waals surface area contributed by atoms with Crippen LogP contribution in [0.5, 0.6) is 0 Å². The minimum absolute atomic E-state index is 0.145. The van der Waals surface area contributed by atoms with E-state index in [-0.39, 0.29) is 6.54 Å². The van der Waals surface area contributed by atoms with Crippen molar-refractivity contribution >= 4 is 5.69 Å². The lowest BCUT2D eigenvalue weighted by Gasteiger charge is -2.08. The van der Waals surface area contributed by atoms with Gasteiger partial charge in [-0.05, 0) is 18.2 Å². The smallest absolute Gasteiger partial charge is 0.400 e. The molecule has 0 aromatic heterocycles. The molecule has 0 saturated carbocycles. The lowest BCUT2D eigenvalue weighted by atomic mass is 10.2. The van der Waals surface area contributed by atoms with Crippen LogP contribution in [-0.2, 0) is 6.18 Å². The molecule has 0 heterocycles. The third kappa shape index (κ3) is 3.47. The van der Waals surface area contributed by atoms with Crippen LogP contribution in [0, 0.1) is 0 Å². The fourth-order valence-corrected chi connectivity index (χ4v) is 1.02. The maximum Gasteiger partial charge on any atom is 0.416 e. The van der Waals surface area contributed by atoms with E-state index in [9.17, 15) is 13.2 Å². The number of hydrogen-bond acceptors (Lipinski definition) is 3. The highest BCUT2D eigenvalue weighted by Crippen LogP contribution is 2.30. The molecule has 88 valence electrons. The number of rotatable bonds is 3. The van der Waals surface area contributed by atoms with E-state index in [1.54, 1.807) is 0 Å². The molecule has 0 atom stereocenters. The van der Waals surface area contributed by atoms with E-state index in [0.717, 1.165) is 12.1 Å². The molecule has 0 saturated heterocycles. The molecule has 0 unspecified atom stereocenters. The first kappa shape index (κ1) is 12.4. The normalized spacial score (nSPS) is 12.6. The average Bonchev–Trinajstić information content (AvgIpc) is 2.25. The van der Waals surface area contributed by atoms with Crippen molar-refractivity contribution in [3.05, 3.63) is 41.7 Å². The van der Waals surface area contributed by atoms with Crippen LogP contribution in [0.3, 0.4) is 0 Å². The second kappa shape index (κ2) is 4.89. The van der Waals surface area contributed by atoms with Gasteiger partial charge in [-0.3, -0.25) is 0 Å². The van der Waals surface area contributed by atoms with Crippen LogP contribution in [0.1, 0.15) is 5.56 Å². The lowest BCUT2D eigenvalue weighted by Crippen LogP contribution is -2.12. The first-order chi connectivity index (χ1) is 7.43. The summed E-state index contributed by atoms with van der Waals surface area (Å²) in [5.41, 5.74) is 10.6. The predicted molar refractivity (Wildman–Crippen MR) is 56.4 cm³/mol.